The van der Waals surface area contributed by atoms with Crippen molar-refractivity contribution in [2.24, 2.45) is 11.8 Å². The molecule has 0 amide bonds. The summed E-state index contributed by atoms with van der Waals surface area (Å²) >= 11 is 0. The summed E-state index contributed by atoms with van der Waals surface area (Å²) < 4.78 is 36.8. The molecule has 0 radical (unpaired) electrons. The first kappa shape index (κ1) is 22.4. The quantitative estimate of drug-likeness (QED) is 0.467. The van der Waals surface area contributed by atoms with E-state index in [9.17, 15) is 8.42 Å². The number of sulfonamides is 1. The van der Waals surface area contributed by atoms with Crippen molar-refractivity contribution in [2.45, 2.75) is 56.9 Å². The summed E-state index contributed by atoms with van der Waals surface area (Å²) in [5, 5.41) is 5.42. The molecule has 5 rings (SSSR count). The molecule has 2 heterocycles. The third-order valence-corrected chi connectivity index (χ3v) is 8.96. The number of benzene rings is 2. The number of hydrogen-bond acceptors (Lipinski definition) is 4. The van der Waals surface area contributed by atoms with E-state index in [4.69, 9.17) is 4.74 Å². The molecule has 1 saturated carbocycles. The van der Waals surface area contributed by atoms with Gasteiger partial charge in [-0.3, -0.25) is 8.99 Å². The molecule has 3 aromatic rings. The summed E-state index contributed by atoms with van der Waals surface area (Å²) in [6, 6.07) is 13.4. The van der Waals surface area contributed by atoms with Crippen molar-refractivity contribution >= 4 is 26.6 Å². The molecule has 0 N–H and O–H groups in total. The molecule has 1 aliphatic heterocycles. The van der Waals surface area contributed by atoms with E-state index in [-0.39, 0.29) is 0 Å². The van der Waals surface area contributed by atoms with Gasteiger partial charge in [-0.1, -0.05) is 25.5 Å². The van der Waals surface area contributed by atoms with Crippen LogP contribution < -0.4 is 4.31 Å². The number of rotatable bonds is 8. The van der Waals surface area contributed by atoms with Gasteiger partial charge in [-0.2, -0.15) is 5.10 Å². The predicted octanol–water partition coefficient (Wildman–Crippen LogP) is 5.02. The van der Waals surface area contributed by atoms with E-state index in [2.05, 4.69) is 12.0 Å². The van der Waals surface area contributed by atoms with Crippen LogP contribution in [-0.4, -0.2) is 38.0 Å². The fourth-order valence-corrected chi connectivity index (χ4v) is 6.42. The first-order valence-corrected chi connectivity index (χ1v) is 13.6. The van der Waals surface area contributed by atoms with Gasteiger partial charge in [0.05, 0.1) is 28.9 Å². The second-order valence-electron chi connectivity index (χ2n) is 9.48. The van der Waals surface area contributed by atoms with Crippen molar-refractivity contribution in [2.75, 3.05) is 24.1 Å². The molecule has 1 saturated heterocycles. The Bertz CT molecular complexity index is 1190. The lowest BCUT2D eigenvalue weighted by molar-refractivity contribution is 0.0475. The topological polar surface area (TPSA) is 64.4 Å². The van der Waals surface area contributed by atoms with Crippen LogP contribution >= 0.6 is 0 Å². The maximum Gasteiger partial charge on any atom is 0.264 e. The van der Waals surface area contributed by atoms with Crippen LogP contribution in [0.25, 0.3) is 10.9 Å². The van der Waals surface area contributed by atoms with Crippen LogP contribution in [0.4, 0.5) is 5.69 Å². The Labute approximate surface area is 196 Å². The van der Waals surface area contributed by atoms with Crippen LogP contribution in [0.3, 0.4) is 0 Å². The van der Waals surface area contributed by atoms with Crippen molar-refractivity contribution in [3.8, 4) is 0 Å². The van der Waals surface area contributed by atoms with Crippen molar-refractivity contribution in [3.63, 3.8) is 0 Å². The van der Waals surface area contributed by atoms with Crippen LogP contribution in [0.15, 0.2) is 53.6 Å². The van der Waals surface area contributed by atoms with Gasteiger partial charge >= 0.3 is 0 Å². The summed E-state index contributed by atoms with van der Waals surface area (Å²) in [6.07, 6.45) is 8.31. The smallest absolute Gasteiger partial charge is 0.264 e. The van der Waals surface area contributed by atoms with Gasteiger partial charge in [0.15, 0.2) is 0 Å². The molecular formula is C26H33N3O3S. The van der Waals surface area contributed by atoms with E-state index >= 15 is 0 Å². The Hall–Kier alpha value is -2.38. The lowest BCUT2D eigenvalue weighted by atomic mass is 9.85. The lowest BCUT2D eigenvalue weighted by Crippen LogP contribution is -2.37. The summed E-state index contributed by atoms with van der Waals surface area (Å²) in [4.78, 5) is 0.328. The Kier molecular flexibility index (Phi) is 6.43. The van der Waals surface area contributed by atoms with Gasteiger partial charge in [0, 0.05) is 31.0 Å². The summed E-state index contributed by atoms with van der Waals surface area (Å²) in [6.45, 7) is 5.05. The minimum absolute atomic E-state index is 0.328. The highest BCUT2D eigenvalue weighted by atomic mass is 32.2. The summed E-state index contributed by atoms with van der Waals surface area (Å²) in [5.41, 5.74) is 2.92. The second kappa shape index (κ2) is 9.47. The SMILES string of the molecule is CCc1ccc(N(CC2CCC2)S(=O)(=O)c2ccc3c(cnn3CC3CCCOC3)c2)cc1. The fourth-order valence-electron chi connectivity index (χ4n) is 4.84. The van der Waals surface area contributed by atoms with Gasteiger partial charge in [-0.05, 0) is 73.9 Å². The van der Waals surface area contributed by atoms with E-state index in [0.717, 1.165) is 68.5 Å². The summed E-state index contributed by atoms with van der Waals surface area (Å²) in [7, 11) is -3.68. The minimum Gasteiger partial charge on any atom is -0.381 e. The standard InChI is InChI=1S/C26H33N3O3S/c1-2-20-8-10-24(11-9-20)29(18-21-5-3-6-21)33(30,31)25-12-13-26-23(15-25)16-27-28(26)17-22-7-4-14-32-19-22/h8-13,15-16,21-22H,2-7,14,17-19H2,1H3. The van der Waals surface area contributed by atoms with E-state index in [1.807, 2.05) is 35.0 Å². The Morgan fingerprint density at radius 1 is 1.06 bits per heavy atom. The highest BCUT2D eigenvalue weighted by Crippen LogP contribution is 2.33. The number of hydrogen-bond donors (Lipinski definition) is 0. The lowest BCUT2D eigenvalue weighted by Gasteiger charge is -2.33. The molecule has 33 heavy (non-hydrogen) atoms. The van der Waals surface area contributed by atoms with E-state index in [0.29, 0.717) is 23.3 Å². The molecule has 1 atom stereocenters. The van der Waals surface area contributed by atoms with Gasteiger partial charge in [0.25, 0.3) is 10.0 Å². The maximum absolute atomic E-state index is 13.8. The molecule has 7 heteroatoms. The first-order chi connectivity index (χ1) is 16.0. The van der Waals surface area contributed by atoms with Gasteiger partial charge in [0.2, 0.25) is 0 Å². The number of ether oxygens (including phenoxy) is 1. The molecule has 2 aliphatic rings. The molecule has 1 unspecified atom stereocenters. The van der Waals surface area contributed by atoms with Crippen molar-refractivity contribution in [1.29, 1.82) is 0 Å². The van der Waals surface area contributed by atoms with E-state index < -0.39 is 10.0 Å². The maximum atomic E-state index is 13.8. The second-order valence-corrected chi connectivity index (χ2v) is 11.3. The zero-order valence-corrected chi connectivity index (χ0v) is 20.1. The first-order valence-electron chi connectivity index (χ1n) is 12.2. The van der Waals surface area contributed by atoms with Crippen LogP contribution in [0.5, 0.6) is 0 Å². The van der Waals surface area contributed by atoms with Crippen LogP contribution in [0.2, 0.25) is 0 Å². The van der Waals surface area contributed by atoms with Gasteiger partial charge in [-0.15, -0.1) is 0 Å². The molecule has 2 aromatic carbocycles. The number of fused-ring (bicyclic) bond motifs is 1. The number of aromatic nitrogens is 2. The van der Waals surface area contributed by atoms with Gasteiger partial charge in [0.1, 0.15) is 0 Å². The molecule has 1 aliphatic carbocycles. The predicted molar refractivity (Wildman–Crippen MR) is 131 cm³/mol. The molecule has 1 aromatic heterocycles. The number of nitrogens with zero attached hydrogens (tertiary/aromatic N) is 3. The highest BCUT2D eigenvalue weighted by molar-refractivity contribution is 7.92. The van der Waals surface area contributed by atoms with Gasteiger partial charge in [-0.25, -0.2) is 8.42 Å². The Morgan fingerprint density at radius 2 is 1.85 bits per heavy atom. The number of aryl methyl sites for hydroxylation is 1. The normalized spacial score (nSPS) is 19.5. The molecule has 176 valence electrons. The molecule has 2 fully saturated rings. The fraction of sp³-hybridized carbons (Fsp3) is 0.500. The van der Waals surface area contributed by atoms with Crippen molar-refractivity contribution < 1.29 is 13.2 Å². The van der Waals surface area contributed by atoms with Crippen molar-refractivity contribution in [3.05, 3.63) is 54.2 Å². The molecular weight excluding hydrogens is 434 g/mol. The van der Waals surface area contributed by atoms with E-state index in [1.165, 1.54) is 12.0 Å². The molecule has 6 nitrogen and oxygen atoms in total. The van der Waals surface area contributed by atoms with Crippen molar-refractivity contribution in [1.82, 2.24) is 9.78 Å². The number of anilines is 1. The Balaban J connectivity index is 1.44. The van der Waals surface area contributed by atoms with Crippen LogP contribution in [0.1, 0.15) is 44.6 Å². The third-order valence-electron chi connectivity index (χ3n) is 7.17. The zero-order chi connectivity index (χ0) is 22.8. The summed E-state index contributed by atoms with van der Waals surface area (Å²) in [5.74, 6) is 0.879. The molecule has 0 spiro atoms. The largest absolute Gasteiger partial charge is 0.381 e. The van der Waals surface area contributed by atoms with Crippen LogP contribution in [-0.2, 0) is 27.7 Å². The van der Waals surface area contributed by atoms with E-state index in [1.54, 1.807) is 22.6 Å². The Morgan fingerprint density at radius 3 is 2.52 bits per heavy atom. The molecule has 0 bridgehead atoms. The monoisotopic (exact) mass is 467 g/mol. The zero-order valence-electron chi connectivity index (χ0n) is 19.3. The third kappa shape index (κ3) is 4.66. The van der Waals surface area contributed by atoms with Gasteiger partial charge < -0.3 is 4.74 Å². The average Bonchev–Trinajstić information content (AvgIpc) is 3.21. The van der Waals surface area contributed by atoms with Crippen LogP contribution in [0, 0.1) is 11.8 Å². The minimum atomic E-state index is -3.68. The average molecular weight is 468 g/mol. The highest BCUT2D eigenvalue weighted by Gasteiger charge is 2.30.